The molecule has 0 amide bonds. The molecule has 0 fully saturated rings. The predicted octanol–water partition coefficient (Wildman–Crippen LogP) is 17.8. The standard InChI is InChI=1S/C64H124O17P2/c1-6-10-13-16-19-22-24-25-28-33-38-43-48-62(67)75-54-60(81-64(69)50-45-40-35-30-29-31-36-41-46-57(5)9-4)56-79-83(72,73)77-52-58(65)51-76-82(70,71)78-55-59(53-74-61(66)47-42-37-32-26-21-18-15-12-8-3)80-63(68)49-44-39-34-27-23-20-17-14-11-7-2/h57-60,65H,6-56H2,1-5H3,(H,70,71)(H,72,73)/t57?,58-,59+,60+/m0/s1. The van der Waals surface area contributed by atoms with Gasteiger partial charge < -0.3 is 33.8 Å². The first-order valence-corrected chi connectivity index (χ1v) is 36.7. The SMILES string of the molecule is CCCCCCCCCCCCCCC(=O)OC[C@H](COP(=O)(O)OC[C@@H](O)COP(=O)(O)OC[C@@H](COC(=O)CCCCCCCCCCC)OC(=O)CCCCCCCCCCCC)OC(=O)CCCCCCCCCCC(C)CC. The molecule has 0 saturated carbocycles. The van der Waals surface area contributed by atoms with Gasteiger partial charge in [0, 0.05) is 25.7 Å². The molecule has 0 rings (SSSR count). The number of esters is 4. The maximum atomic E-state index is 13.0. The van der Waals surface area contributed by atoms with Crippen molar-refractivity contribution in [2.45, 2.75) is 342 Å². The lowest BCUT2D eigenvalue weighted by Crippen LogP contribution is -2.30. The second-order valence-corrected chi connectivity index (χ2v) is 26.3. The number of carbonyl (C=O) groups is 4. The van der Waals surface area contributed by atoms with E-state index in [1.165, 1.54) is 148 Å². The average molecular weight is 1230 g/mol. The summed E-state index contributed by atoms with van der Waals surface area (Å²) >= 11 is 0. The number of hydrogen-bond donors (Lipinski definition) is 3. The largest absolute Gasteiger partial charge is 0.472 e. The van der Waals surface area contributed by atoms with Crippen LogP contribution in [0.3, 0.4) is 0 Å². The van der Waals surface area contributed by atoms with Gasteiger partial charge in [0.1, 0.15) is 19.3 Å². The monoisotopic (exact) mass is 1230 g/mol. The molecule has 0 saturated heterocycles. The summed E-state index contributed by atoms with van der Waals surface area (Å²) in [5.41, 5.74) is 0. The molecule has 0 aromatic carbocycles. The molecule has 0 aliphatic heterocycles. The van der Waals surface area contributed by atoms with Crippen LogP contribution in [0.25, 0.3) is 0 Å². The summed E-state index contributed by atoms with van der Waals surface area (Å²) in [4.78, 5) is 72.2. The molecular weight excluding hydrogens is 1100 g/mol. The Kier molecular flexibility index (Phi) is 56.4. The first kappa shape index (κ1) is 81.1. The zero-order valence-corrected chi connectivity index (χ0v) is 55.1. The maximum absolute atomic E-state index is 13.0. The van der Waals surface area contributed by atoms with Crippen molar-refractivity contribution in [3.8, 4) is 0 Å². The van der Waals surface area contributed by atoms with Gasteiger partial charge in [0.25, 0.3) is 0 Å². The fourth-order valence-electron chi connectivity index (χ4n) is 9.55. The minimum Gasteiger partial charge on any atom is -0.462 e. The molecule has 6 atom stereocenters. The second kappa shape index (κ2) is 57.8. The van der Waals surface area contributed by atoms with Gasteiger partial charge in [-0.3, -0.25) is 37.3 Å². The highest BCUT2D eigenvalue weighted by Crippen LogP contribution is 2.45. The van der Waals surface area contributed by atoms with Gasteiger partial charge >= 0.3 is 39.5 Å². The number of aliphatic hydroxyl groups excluding tert-OH is 1. The number of phosphoric ester groups is 2. The van der Waals surface area contributed by atoms with Crippen molar-refractivity contribution in [2.75, 3.05) is 39.6 Å². The Balaban J connectivity index is 5.24. The molecule has 3 N–H and O–H groups in total. The number of unbranched alkanes of at least 4 members (excludes halogenated alkanes) is 35. The van der Waals surface area contributed by atoms with Gasteiger partial charge in [0.2, 0.25) is 0 Å². The van der Waals surface area contributed by atoms with Crippen LogP contribution >= 0.6 is 15.6 Å². The van der Waals surface area contributed by atoms with E-state index in [2.05, 4.69) is 34.6 Å². The quantitative estimate of drug-likeness (QED) is 0.0222. The summed E-state index contributed by atoms with van der Waals surface area (Å²) < 4.78 is 68.0. The molecule has 0 heterocycles. The molecule has 0 radical (unpaired) electrons. The molecule has 19 heteroatoms. The molecule has 0 aliphatic rings. The van der Waals surface area contributed by atoms with Crippen molar-refractivity contribution in [1.82, 2.24) is 0 Å². The zero-order chi connectivity index (χ0) is 61.3. The first-order chi connectivity index (χ1) is 40.1. The highest BCUT2D eigenvalue weighted by atomic mass is 31.2. The highest BCUT2D eigenvalue weighted by molar-refractivity contribution is 7.47. The van der Waals surface area contributed by atoms with E-state index < -0.39 is 97.5 Å². The van der Waals surface area contributed by atoms with Crippen LogP contribution in [-0.4, -0.2) is 96.7 Å². The summed E-state index contributed by atoms with van der Waals surface area (Å²) in [5, 5.41) is 10.5. The summed E-state index contributed by atoms with van der Waals surface area (Å²) in [6.45, 7) is 7.17. The Bertz CT molecular complexity index is 1620. The van der Waals surface area contributed by atoms with Gasteiger partial charge in [-0.05, 0) is 31.6 Å². The normalized spacial score (nSPS) is 14.6. The number of ether oxygens (including phenoxy) is 4. The lowest BCUT2D eigenvalue weighted by atomic mass is 9.99. The molecule has 0 aliphatic carbocycles. The van der Waals surface area contributed by atoms with Crippen LogP contribution in [0.15, 0.2) is 0 Å². The smallest absolute Gasteiger partial charge is 0.462 e. The van der Waals surface area contributed by atoms with Gasteiger partial charge in [-0.15, -0.1) is 0 Å². The Morgan fingerprint density at radius 3 is 0.855 bits per heavy atom. The van der Waals surface area contributed by atoms with Crippen LogP contribution in [0, 0.1) is 5.92 Å². The van der Waals surface area contributed by atoms with E-state index in [4.69, 9.17) is 37.0 Å². The van der Waals surface area contributed by atoms with E-state index in [0.29, 0.717) is 25.7 Å². The van der Waals surface area contributed by atoms with Crippen LogP contribution in [0.1, 0.15) is 324 Å². The highest BCUT2D eigenvalue weighted by Gasteiger charge is 2.30. The molecule has 492 valence electrons. The fourth-order valence-corrected chi connectivity index (χ4v) is 11.1. The summed E-state index contributed by atoms with van der Waals surface area (Å²) in [6, 6.07) is 0. The molecular formula is C64H124O17P2. The minimum atomic E-state index is -4.94. The van der Waals surface area contributed by atoms with Crippen molar-refractivity contribution in [3.05, 3.63) is 0 Å². The maximum Gasteiger partial charge on any atom is 0.472 e. The van der Waals surface area contributed by atoms with E-state index in [1.807, 2.05) is 0 Å². The molecule has 0 spiro atoms. The third-order valence-electron chi connectivity index (χ3n) is 15.1. The van der Waals surface area contributed by atoms with Crippen LogP contribution in [0.4, 0.5) is 0 Å². The van der Waals surface area contributed by atoms with Crippen molar-refractivity contribution < 1.29 is 80.2 Å². The minimum absolute atomic E-state index is 0.105. The summed E-state index contributed by atoms with van der Waals surface area (Å²) in [5.74, 6) is -1.36. The second-order valence-electron chi connectivity index (χ2n) is 23.4. The average Bonchev–Trinajstić information content (AvgIpc) is 3.49. The summed E-state index contributed by atoms with van der Waals surface area (Å²) in [7, 11) is -9.88. The van der Waals surface area contributed by atoms with E-state index in [-0.39, 0.29) is 25.7 Å². The van der Waals surface area contributed by atoms with Crippen molar-refractivity contribution in [2.24, 2.45) is 5.92 Å². The van der Waals surface area contributed by atoms with E-state index in [0.717, 1.165) is 95.8 Å². The van der Waals surface area contributed by atoms with Crippen LogP contribution in [0.5, 0.6) is 0 Å². The topological polar surface area (TPSA) is 237 Å². The third kappa shape index (κ3) is 57.6. The Morgan fingerprint density at radius 1 is 0.337 bits per heavy atom. The van der Waals surface area contributed by atoms with Crippen LogP contribution < -0.4 is 0 Å². The van der Waals surface area contributed by atoms with E-state index in [9.17, 15) is 43.2 Å². The van der Waals surface area contributed by atoms with Crippen molar-refractivity contribution in [1.29, 1.82) is 0 Å². The number of phosphoric acid groups is 2. The number of aliphatic hydroxyl groups is 1. The van der Waals surface area contributed by atoms with Gasteiger partial charge in [0.05, 0.1) is 26.4 Å². The number of rotatable bonds is 64. The van der Waals surface area contributed by atoms with Crippen LogP contribution in [-0.2, 0) is 65.4 Å². The molecule has 83 heavy (non-hydrogen) atoms. The van der Waals surface area contributed by atoms with Crippen molar-refractivity contribution >= 4 is 39.5 Å². The fraction of sp³-hybridized carbons (Fsp3) is 0.938. The van der Waals surface area contributed by atoms with E-state index >= 15 is 0 Å². The molecule has 0 aromatic heterocycles. The third-order valence-corrected chi connectivity index (χ3v) is 17.0. The first-order valence-electron chi connectivity index (χ1n) is 33.7. The lowest BCUT2D eigenvalue weighted by Gasteiger charge is -2.21. The zero-order valence-electron chi connectivity index (χ0n) is 53.3. The molecule has 0 aromatic rings. The number of carbonyl (C=O) groups excluding carboxylic acids is 4. The number of hydrogen-bond acceptors (Lipinski definition) is 15. The molecule has 17 nitrogen and oxygen atoms in total. The molecule has 0 bridgehead atoms. The predicted molar refractivity (Wildman–Crippen MR) is 331 cm³/mol. The lowest BCUT2D eigenvalue weighted by molar-refractivity contribution is -0.161. The van der Waals surface area contributed by atoms with Crippen LogP contribution in [0.2, 0.25) is 0 Å². The van der Waals surface area contributed by atoms with Gasteiger partial charge in [-0.2, -0.15) is 0 Å². The summed E-state index contributed by atoms with van der Waals surface area (Å²) in [6.07, 6.45) is 41.5. The Morgan fingerprint density at radius 2 is 0.578 bits per heavy atom. The van der Waals surface area contributed by atoms with Gasteiger partial charge in [-0.1, -0.05) is 272 Å². The van der Waals surface area contributed by atoms with Gasteiger partial charge in [0.15, 0.2) is 12.2 Å². The Hall–Kier alpha value is -1.94. The van der Waals surface area contributed by atoms with Crippen molar-refractivity contribution in [3.63, 3.8) is 0 Å². The van der Waals surface area contributed by atoms with Gasteiger partial charge in [-0.25, -0.2) is 9.13 Å². The van der Waals surface area contributed by atoms with E-state index in [1.54, 1.807) is 0 Å². The molecule has 3 unspecified atom stereocenters. The Labute approximate surface area is 505 Å².